The van der Waals surface area contributed by atoms with Crippen molar-refractivity contribution in [1.29, 1.82) is 0 Å². The Kier molecular flexibility index (Phi) is 9.62. The molecule has 6 heteroatoms. The highest BCUT2D eigenvalue weighted by Gasteiger charge is 2.19. The lowest BCUT2D eigenvalue weighted by molar-refractivity contribution is 0.668. The molecular formula is C78H44N2O2S2. The van der Waals surface area contributed by atoms with Crippen molar-refractivity contribution >= 4 is 151 Å². The number of nitrogens with zero attached hydrogens (tertiary/aromatic N) is 2. The van der Waals surface area contributed by atoms with Crippen molar-refractivity contribution < 1.29 is 8.83 Å². The molecule has 84 heavy (non-hydrogen) atoms. The summed E-state index contributed by atoms with van der Waals surface area (Å²) < 4.78 is 23.0. The Morgan fingerprint density at radius 2 is 0.476 bits per heavy atom. The maximum atomic E-state index is 6.52. The number of fused-ring (bicyclic) bond motifs is 18. The molecule has 13 aromatic carbocycles. The largest absolute Gasteiger partial charge is 0.456 e. The molecule has 19 rings (SSSR count). The lowest BCUT2D eigenvalue weighted by Crippen LogP contribution is -1.93. The second-order valence-electron chi connectivity index (χ2n) is 22.4. The van der Waals surface area contributed by atoms with Gasteiger partial charge in [0, 0.05) is 94.8 Å². The van der Waals surface area contributed by atoms with Crippen LogP contribution in [-0.4, -0.2) is 9.13 Å². The van der Waals surface area contributed by atoms with E-state index in [0.717, 1.165) is 77.3 Å². The van der Waals surface area contributed by atoms with Gasteiger partial charge in [-0.3, -0.25) is 0 Å². The molecule has 0 spiro atoms. The van der Waals surface area contributed by atoms with E-state index in [1.165, 1.54) is 106 Å². The van der Waals surface area contributed by atoms with Crippen molar-refractivity contribution in [1.82, 2.24) is 9.13 Å². The first kappa shape index (κ1) is 46.1. The van der Waals surface area contributed by atoms with Crippen molar-refractivity contribution in [3.8, 4) is 55.9 Å². The number of hydrogen-bond acceptors (Lipinski definition) is 4. The van der Waals surface area contributed by atoms with Gasteiger partial charge in [0.2, 0.25) is 0 Å². The number of hydrogen-bond donors (Lipinski definition) is 0. The van der Waals surface area contributed by atoms with E-state index in [-0.39, 0.29) is 0 Å². The molecular weight excluding hydrogens is 1060 g/mol. The summed E-state index contributed by atoms with van der Waals surface area (Å²) in [7, 11) is 0. The second-order valence-corrected chi connectivity index (χ2v) is 24.5. The number of para-hydroxylation sites is 4. The van der Waals surface area contributed by atoms with Crippen LogP contribution >= 0.6 is 22.7 Å². The summed E-state index contributed by atoms with van der Waals surface area (Å²) in [4.78, 5) is 0. The molecule has 6 heterocycles. The fourth-order valence-corrected chi connectivity index (χ4v) is 15.9. The quantitative estimate of drug-likeness (QED) is 0.166. The summed E-state index contributed by atoms with van der Waals surface area (Å²) in [5.41, 5.74) is 20.0. The summed E-state index contributed by atoms with van der Waals surface area (Å²) in [6.07, 6.45) is 0. The van der Waals surface area contributed by atoms with E-state index in [0.29, 0.717) is 0 Å². The number of thiophene rings is 2. The Labute approximate surface area is 488 Å². The predicted molar refractivity (Wildman–Crippen MR) is 357 cm³/mol. The minimum absolute atomic E-state index is 0.879. The van der Waals surface area contributed by atoms with E-state index in [1.54, 1.807) is 0 Å². The molecule has 0 atom stereocenters. The summed E-state index contributed by atoms with van der Waals surface area (Å²) in [5.74, 6) is 0. The van der Waals surface area contributed by atoms with Gasteiger partial charge in [0.15, 0.2) is 0 Å². The van der Waals surface area contributed by atoms with Crippen molar-refractivity contribution in [3.63, 3.8) is 0 Å². The Morgan fingerprint density at radius 1 is 0.202 bits per heavy atom. The molecule has 0 bridgehead atoms. The zero-order valence-electron chi connectivity index (χ0n) is 44.9. The topological polar surface area (TPSA) is 36.1 Å². The summed E-state index contributed by atoms with van der Waals surface area (Å²) in [5, 5.41) is 14.6. The maximum Gasteiger partial charge on any atom is 0.135 e. The molecule has 0 amide bonds. The zero-order valence-corrected chi connectivity index (χ0v) is 46.6. The smallest absolute Gasteiger partial charge is 0.135 e. The van der Waals surface area contributed by atoms with Gasteiger partial charge < -0.3 is 18.0 Å². The third-order valence-corrected chi connectivity index (χ3v) is 20.0. The van der Waals surface area contributed by atoms with Crippen LogP contribution < -0.4 is 0 Å². The van der Waals surface area contributed by atoms with Gasteiger partial charge in [0.05, 0.1) is 22.1 Å². The van der Waals surface area contributed by atoms with E-state index in [4.69, 9.17) is 8.83 Å². The minimum Gasteiger partial charge on any atom is -0.456 e. The fourth-order valence-electron chi connectivity index (χ4n) is 13.7. The van der Waals surface area contributed by atoms with Crippen LogP contribution in [0.15, 0.2) is 276 Å². The van der Waals surface area contributed by atoms with E-state index >= 15 is 0 Å². The van der Waals surface area contributed by atoms with Crippen molar-refractivity contribution in [2.24, 2.45) is 0 Å². The fraction of sp³-hybridized carbons (Fsp3) is 0. The summed E-state index contributed by atoms with van der Waals surface area (Å²) in [6, 6.07) is 98.1. The average Bonchev–Trinajstić information content (AvgIpc) is 2.77. The van der Waals surface area contributed by atoms with Crippen LogP contribution in [0.5, 0.6) is 0 Å². The first-order valence-electron chi connectivity index (χ1n) is 28.5. The molecule has 0 aliphatic rings. The van der Waals surface area contributed by atoms with Gasteiger partial charge in [0.1, 0.15) is 22.3 Å². The Bertz CT molecular complexity index is 5550. The van der Waals surface area contributed by atoms with Crippen molar-refractivity contribution in [3.05, 3.63) is 267 Å². The lowest BCUT2D eigenvalue weighted by Gasteiger charge is -2.08. The Balaban J connectivity index is 0.650. The van der Waals surface area contributed by atoms with Crippen LogP contribution in [0.25, 0.3) is 184 Å². The van der Waals surface area contributed by atoms with Gasteiger partial charge in [-0.2, -0.15) is 0 Å². The normalized spacial score (nSPS) is 12.3. The zero-order chi connectivity index (χ0) is 54.7. The van der Waals surface area contributed by atoms with Gasteiger partial charge >= 0.3 is 0 Å². The van der Waals surface area contributed by atoms with Gasteiger partial charge in [-0.1, -0.05) is 127 Å². The highest BCUT2D eigenvalue weighted by Crippen LogP contribution is 2.44. The van der Waals surface area contributed by atoms with E-state index in [1.807, 2.05) is 22.7 Å². The molecule has 0 N–H and O–H groups in total. The molecule has 0 unspecified atom stereocenters. The number of rotatable bonds is 6. The third-order valence-electron chi connectivity index (χ3n) is 17.7. The standard InChI is InChI=1S/C78H44N2O2S2/c1-5-16-67-55(12-1)56-13-2-6-17-68(56)79(67)53-26-34-77-65(43-53)63-41-51(24-32-75(63)83-77)49-22-30-73-61(39-49)59-37-47(20-28-71(59)81-73)45-10-9-11-46(36-45)48-21-29-72-60(38-48)62-40-50(23-31-74(62)82-72)52-25-33-76-64(42-52)66-44-54(27-35-78(66)84-76)80-69-18-7-3-14-57(69)58-15-4-8-19-70(58)80/h1-44H. The van der Waals surface area contributed by atoms with Crippen LogP contribution in [0.3, 0.4) is 0 Å². The molecule has 0 saturated carbocycles. The maximum absolute atomic E-state index is 6.52. The molecule has 0 radical (unpaired) electrons. The van der Waals surface area contributed by atoms with Gasteiger partial charge in [0.25, 0.3) is 0 Å². The van der Waals surface area contributed by atoms with E-state index in [2.05, 4.69) is 276 Å². The molecule has 0 saturated heterocycles. The third kappa shape index (κ3) is 6.87. The second kappa shape index (κ2) is 17.5. The van der Waals surface area contributed by atoms with Gasteiger partial charge in [-0.15, -0.1) is 22.7 Å². The molecule has 19 aromatic rings. The van der Waals surface area contributed by atoms with Crippen LogP contribution in [0, 0.1) is 0 Å². The van der Waals surface area contributed by atoms with Gasteiger partial charge in [-0.25, -0.2) is 0 Å². The molecule has 390 valence electrons. The van der Waals surface area contributed by atoms with E-state index < -0.39 is 0 Å². The molecule has 0 fully saturated rings. The summed E-state index contributed by atoms with van der Waals surface area (Å²) in [6.45, 7) is 0. The molecule has 0 aliphatic carbocycles. The highest BCUT2D eigenvalue weighted by molar-refractivity contribution is 7.26. The van der Waals surface area contributed by atoms with Crippen molar-refractivity contribution in [2.45, 2.75) is 0 Å². The average molecular weight is 1110 g/mol. The van der Waals surface area contributed by atoms with Crippen LogP contribution in [-0.2, 0) is 0 Å². The van der Waals surface area contributed by atoms with Crippen LogP contribution in [0.4, 0.5) is 0 Å². The SMILES string of the molecule is c1cc(-c2ccc3oc4ccc(-c5ccc6sc7ccc(-n8c9ccccc9c9ccccc98)cc7c6c5)cc4c3c2)cc(-c2ccc3oc4ccc(-c5ccc6sc7ccc(-n8c9ccccc9c9ccccc98)cc7c6c5)cc4c3c2)c1. The number of benzene rings is 13. The van der Waals surface area contributed by atoms with Crippen LogP contribution in [0.1, 0.15) is 0 Å². The molecule has 6 aromatic heterocycles. The highest BCUT2D eigenvalue weighted by atomic mass is 32.1. The van der Waals surface area contributed by atoms with Gasteiger partial charge in [-0.05, 0) is 184 Å². The first-order chi connectivity index (χ1) is 41.6. The first-order valence-corrected chi connectivity index (χ1v) is 30.1. The molecule has 4 nitrogen and oxygen atoms in total. The van der Waals surface area contributed by atoms with Crippen LogP contribution in [0.2, 0.25) is 0 Å². The Hall–Kier alpha value is -10.5. The van der Waals surface area contributed by atoms with Crippen molar-refractivity contribution in [2.75, 3.05) is 0 Å². The van der Waals surface area contributed by atoms with E-state index in [9.17, 15) is 0 Å². The minimum atomic E-state index is 0.879. The number of aromatic nitrogens is 2. The summed E-state index contributed by atoms with van der Waals surface area (Å²) >= 11 is 3.71. The monoisotopic (exact) mass is 1100 g/mol. The number of furan rings is 2. The molecule has 0 aliphatic heterocycles. The lowest BCUT2D eigenvalue weighted by atomic mass is 9.96. The Morgan fingerprint density at radius 3 is 0.821 bits per heavy atom. The predicted octanol–water partition coefficient (Wildman–Crippen LogP) is 23.1.